The predicted octanol–water partition coefficient (Wildman–Crippen LogP) is 5.79. The largest absolute Gasteiger partial charge is 0.247 e. The fourth-order valence-electron chi connectivity index (χ4n) is 4.13. The monoisotopic (exact) mass is 335 g/mol. The second-order valence-corrected chi connectivity index (χ2v) is 7.13. The van der Waals surface area contributed by atoms with E-state index >= 15 is 0 Å². The zero-order valence-corrected chi connectivity index (χ0v) is 14.8. The summed E-state index contributed by atoms with van der Waals surface area (Å²) in [5, 5.41) is 1.25. The van der Waals surface area contributed by atoms with Gasteiger partial charge in [-0.15, -0.1) is 0 Å². The van der Waals surface area contributed by atoms with Crippen LogP contribution in [0.1, 0.15) is 22.3 Å². The minimum absolute atomic E-state index is 1.06. The molecule has 0 radical (unpaired) electrons. The van der Waals surface area contributed by atoms with Crippen molar-refractivity contribution in [2.45, 2.75) is 25.7 Å². The number of pyridine rings is 1. The third-order valence-electron chi connectivity index (χ3n) is 5.47. The second kappa shape index (κ2) is 6.42. The van der Waals surface area contributed by atoms with Gasteiger partial charge in [0.15, 0.2) is 0 Å². The van der Waals surface area contributed by atoms with E-state index in [1.54, 1.807) is 0 Å². The molecule has 0 spiro atoms. The summed E-state index contributed by atoms with van der Waals surface area (Å²) in [6, 6.07) is 28.3. The van der Waals surface area contributed by atoms with Crippen molar-refractivity contribution in [2.75, 3.05) is 0 Å². The van der Waals surface area contributed by atoms with E-state index in [9.17, 15) is 0 Å². The lowest BCUT2D eigenvalue weighted by molar-refractivity contribution is 0.907. The summed E-state index contributed by atoms with van der Waals surface area (Å²) >= 11 is 0. The highest BCUT2D eigenvalue weighted by atomic mass is 14.7. The first-order chi connectivity index (χ1) is 12.9. The van der Waals surface area contributed by atoms with Gasteiger partial charge in [0.05, 0.1) is 11.2 Å². The van der Waals surface area contributed by atoms with Crippen LogP contribution < -0.4 is 0 Å². The first kappa shape index (κ1) is 15.3. The highest BCUT2D eigenvalue weighted by Gasteiger charge is 2.21. The fraction of sp³-hybridized carbons (Fsp3) is 0.160. The van der Waals surface area contributed by atoms with Crippen molar-refractivity contribution in [1.29, 1.82) is 0 Å². The van der Waals surface area contributed by atoms with Crippen molar-refractivity contribution < 1.29 is 0 Å². The molecule has 0 saturated heterocycles. The SMILES string of the molecule is c1ccc(CCc2cccc3c2-c2nc4ccccc4cc2CC3)cc1. The van der Waals surface area contributed by atoms with Gasteiger partial charge in [-0.25, -0.2) is 4.98 Å². The van der Waals surface area contributed by atoms with Gasteiger partial charge in [-0.2, -0.15) is 0 Å². The average molecular weight is 335 g/mol. The molecule has 1 aromatic heterocycles. The van der Waals surface area contributed by atoms with Crippen LogP contribution in [0.25, 0.3) is 22.2 Å². The van der Waals surface area contributed by atoms with Gasteiger partial charge in [0, 0.05) is 10.9 Å². The van der Waals surface area contributed by atoms with Gasteiger partial charge in [-0.3, -0.25) is 0 Å². The van der Waals surface area contributed by atoms with Crippen LogP contribution in [0, 0.1) is 0 Å². The third-order valence-corrected chi connectivity index (χ3v) is 5.47. The number of para-hydroxylation sites is 1. The Hall–Kier alpha value is -2.93. The summed E-state index contributed by atoms with van der Waals surface area (Å²) in [6.07, 6.45) is 4.32. The van der Waals surface area contributed by atoms with Gasteiger partial charge in [-0.05, 0) is 60.1 Å². The van der Waals surface area contributed by atoms with Crippen LogP contribution in [0.5, 0.6) is 0 Å². The highest BCUT2D eigenvalue weighted by molar-refractivity contribution is 5.85. The number of aromatic nitrogens is 1. The Kier molecular flexibility index (Phi) is 3.79. The van der Waals surface area contributed by atoms with Crippen LogP contribution in [0.2, 0.25) is 0 Å². The Morgan fingerprint density at radius 1 is 0.692 bits per heavy atom. The molecule has 1 aliphatic carbocycles. The molecule has 0 bridgehead atoms. The summed E-state index contributed by atoms with van der Waals surface area (Å²) in [4.78, 5) is 5.07. The average Bonchev–Trinajstić information content (AvgIpc) is 2.71. The first-order valence-electron chi connectivity index (χ1n) is 9.42. The van der Waals surface area contributed by atoms with E-state index in [1.807, 2.05) is 0 Å². The van der Waals surface area contributed by atoms with Crippen LogP contribution in [0.3, 0.4) is 0 Å². The van der Waals surface area contributed by atoms with E-state index < -0.39 is 0 Å². The molecule has 0 aliphatic heterocycles. The number of aryl methyl sites for hydroxylation is 4. The molecule has 126 valence electrons. The van der Waals surface area contributed by atoms with Gasteiger partial charge < -0.3 is 0 Å². The van der Waals surface area contributed by atoms with Gasteiger partial charge in [0.25, 0.3) is 0 Å². The zero-order valence-electron chi connectivity index (χ0n) is 14.8. The lowest BCUT2D eigenvalue weighted by Crippen LogP contribution is -2.09. The summed E-state index contributed by atoms with van der Waals surface area (Å²) in [7, 11) is 0. The predicted molar refractivity (Wildman–Crippen MR) is 108 cm³/mol. The van der Waals surface area contributed by atoms with Gasteiger partial charge in [0.2, 0.25) is 0 Å². The Morgan fingerprint density at radius 2 is 1.50 bits per heavy atom. The Morgan fingerprint density at radius 3 is 2.42 bits per heavy atom. The summed E-state index contributed by atoms with van der Waals surface area (Å²) in [5.41, 5.74) is 9.35. The number of fused-ring (bicyclic) bond motifs is 4. The molecule has 1 heterocycles. The van der Waals surface area contributed by atoms with Crippen molar-refractivity contribution in [2.24, 2.45) is 0 Å². The van der Waals surface area contributed by atoms with E-state index in [0.29, 0.717) is 0 Å². The summed E-state index contributed by atoms with van der Waals surface area (Å²) in [5.74, 6) is 0. The molecule has 5 rings (SSSR count). The summed E-state index contributed by atoms with van der Waals surface area (Å²) in [6.45, 7) is 0. The maximum Gasteiger partial charge on any atom is 0.0747 e. The Balaban J connectivity index is 1.59. The number of benzene rings is 3. The quantitative estimate of drug-likeness (QED) is 0.462. The molecule has 0 saturated carbocycles. The van der Waals surface area contributed by atoms with Crippen LogP contribution in [-0.2, 0) is 25.7 Å². The molecule has 26 heavy (non-hydrogen) atoms. The molecule has 1 nitrogen and oxygen atoms in total. The molecule has 3 aromatic carbocycles. The molecule has 0 amide bonds. The van der Waals surface area contributed by atoms with Crippen LogP contribution in [0.4, 0.5) is 0 Å². The molecule has 1 aliphatic rings. The molecular formula is C25H21N. The van der Waals surface area contributed by atoms with Crippen molar-refractivity contribution >= 4 is 10.9 Å². The van der Waals surface area contributed by atoms with Crippen LogP contribution >= 0.6 is 0 Å². The molecule has 0 unspecified atom stereocenters. The van der Waals surface area contributed by atoms with E-state index in [2.05, 4.69) is 78.9 Å². The van der Waals surface area contributed by atoms with Crippen LogP contribution in [-0.4, -0.2) is 4.98 Å². The van der Waals surface area contributed by atoms with E-state index in [-0.39, 0.29) is 0 Å². The minimum atomic E-state index is 1.06. The van der Waals surface area contributed by atoms with E-state index in [1.165, 1.54) is 38.9 Å². The zero-order chi connectivity index (χ0) is 17.3. The smallest absolute Gasteiger partial charge is 0.0747 e. The molecule has 0 atom stereocenters. The highest BCUT2D eigenvalue weighted by Crippen LogP contribution is 2.36. The Bertz CT molecular complexity index is 1080. The lowest BCUT2D eigenvalue weighted by atomic mass is 9.84. The fourth-order valence-corrected chi connectivity index (χ4v) is 4.13. The standard InChI is InChI=1S/C25H21N/c1-2-7-18(8-3-1)13-14-19-10-6-11-20-15-16-22-17-21-9-4-5-12-23(21)26-25(22)24(19)20/h1-12,17H,13-16H2. The normalized spacial score (nSPS) is 12.6. The van der Waals surface area contributed by atoms with Crippen LogP contribution in [0.15, 0.2) is 78.9 Å². The van der Waals surface area contributed by atoms with Crippen molar-refractivity contribution in [1.82, 2.24) is 4.98 Å². The van der Waals surface area contributed by atoms with Crippen molar-refractivity contribution in [3.8, 4) is 11.3 Å². The molecular weight excluding hydrogens is 314 g/mol. The topological polar surface area (TPSA) is 12.9 Å². The number of hydrogen-bond donors (Lipinski definition) is 0. The van der Waals surface area contributed by atoms with Gasteiger partial charge in [0.1, 0.15) is 0 Å². The molecule has 0 fully saturated rings. The van der Waals surface area contributed by atoms with Gasteiger partial charge >= 0.3 is 0 Å². The van der Waals surface area contributed by atoms with Gasteiger partial charge in [-0.1, -0.05) is 66.7 Å². The second-order valence-electron chi connectivity index (χ2n) is 7.13. The Labute approximate surface area is 154 Å². The maximum absolute atomic E-state index is 5.07. The first-order valence-corrected chi connectivity index (χ1v) is 9.42. The maximum atomic E-state index is 5.07. The van der Waals surface area contributed by atoms with E-state index in [4.69, 9.17) is 4.98 Å². The third kappa shape index (κ3) is 2.70. The molecule has 4 aromatic rings. The summed E-state index contributed by atoms with van der Waals surface area (Å²) < 4.78 is 0. The number of hydrogen-bond acceptors (Lipinski definition) is 1. The molecule has 0 N–H and O–H groups in total. The molecule has 1 heteroatoms. The minimum Gasteiger partial charge on any atom is -0.247 e. The number of nitrogens with zero attached hydrogens (tertiary/aromatic N) is 1. The number of rotatable bonds is 3. The lowest BCUT2D eigenvalue weighted by Gasteiger charge is -2.22. The van der Waals surface area contributed by atoms with Crippen molar-refractivity contribution in [3.63, 3.8) is 0 Å². The van der Waals surface area contributed by atoms with E-state index in [0.717, 1.165) is 31.2 Å². The van der Waals surface area contributed by atoms with Crippen molar-refractivity contribution in [3.05, 3.63) is 101 Å².